The Bertz CT molecular complexity index is 1240. The third-order valence-electron chi connectivity index (χ3n) is 4.83. The zero-order valence-electron chi connectivity index (χ0n) is 17.3. The van der Waals surface area contributed by atoms with E-state index >= 15 is 0 Å². The highest BCUT2D eigenvalue weighted by atomic mass is 35.5. The Morgan fingerprint density at radius 2 is 1.44 bits per heavy atom. The van der Waals surface area contributed by atoms with E-state index in [1.807, 2.05) is 67.6 Å². The number of anilines is 2. The smallest absolute Gasteiger partial charge is 0.246 e. The number of hydrogen-bond donors (Lipinski definition) is 2. The summed E-state index contributed by atoms with van der Waals surface area (Å²) in [6, 6.07) is 24.5. The van der Waals surface area contributed by atoms with Crippen LogP contribution in [0.5, 0.6) is 0 Å². The fourth-order valence-electron chi connectivity index (χ4n) is 3.16. The van der Waals surface area contributed by atoms with Crippen molar-refractivity contribution in [3.05, 3.63) is 94.5 Å². The normalized spacial score (nSPS) is 10.6. The first-order valence-electron chi connectivity index (χ1n) is 9.98. The van der Waals surface area contributed by atoms with Crippen LogP contribution in [0.25, 0.3) is 22.5 Å². The van der Waals surface area contributed by atoms with Crippen molar-refractivity contribution >= 4 is 40.7 Å². The maximum atomic E-state index is 12.6. The van der Waals surface area contributed by atoms with E-state index in [1.165, 1.54) is 0 Å². The molecule has 0 spiro atoms. The van der Waals surface area contributed by atoms with E-state index in [9.17, 15) is 4.79 Å². The van der Waals surface area contributed by atoms with Gasteiger partial charge in [0.25, 0.3) is 0 Å². The molecule has 1 amide bonds. The van der Waals surface area contributed by atoms with Crippen molar-refractivity contribution in [1.29, 1.82) is 0 Å². The van der Waals surface area contributed by atoms with E-state index in [0.29, 0.717) is 21.4 Å². The fourth-order valence-corrected chi connectivity index (χ4v) is 3.46. The second-order valence-corrected chi connectivity index (χ2v) is 8.07. The van der Waals surface area contributed by atoms with Crippen molar-refractivity contribution in [3.8, 4) is 22.5 Å². The number of nitrogens with zero attached hydrogens (tertiary/aromatic N) is 2. The van der Waals surface area contributed by atoms with Gasteiger partial charge in [0.15, 0.2) is 0 Å². The van der Waals surface area contributed by atoms with Crippen LogP contribution < -0.4 is 10.6 Å². The lowest BCUT2D eigenvalue weighted by molar-refractivity contribution is -0.114. The molecule has 3 aromatic carbocycles. The van der Waals surface area contributed by atoms with E-state index < -0.39 is 0 Å². The van der Waals surface area contributed by atoms with Crippen molar-refractivity contribution in [2.24, 2.45) is 0 Å². The lowest BCUT2D eigenvalue weighted by Gasteiger charge is -2.12. The van der Waals surface area contributed by atoms with Gasteiger partial charge in [-0.2, -0.15) is 0 Å². The molecule has 1 aromatic heterocycles. The van der Waals surface area contributed by atoms with Gasteiger partial charge >= 0.3 is 0 Å². The van der Waals surface area contributed by atoms with Gasteiger partial charge in [0.2, 0.25) is 11.9 Å². The zero-order valence-corrected chi connectivity index (χ0v) is 18.8. The van der Waals surface area contributed by atoms with Gasteiger partial charge in [0.05, 0.1) is 17.9 Å². The third kappa shape index (κ3) is 5.44. The van der Waals surface area contributed by atoms with Crippen LogP contribution in [0.15, 0.2) is 78.9 Å². The lowest BCUT2D eigenvalue weighted by atomic mass is 10.1. The van der Waals surface area contributed by atoms with E-state index in [1.54, 1.807) is 18.2 Å². The van der Waals surface area contributed by atoms with Crippen molar-refractivity contribution in [2.75, 3.05) is 17.2 Å². The average molecular weight is 463 g/mol. The number of carbonyl (C=O) groups excluding carboxylic acids is 1. The third-order valence-corrected chi connectivity index (χ3v) is 5.31. The van der Waals surface area contributed by atoms with Gasteiger partial charge < -0.3 is 5.32 Å². The average Bonchev–Trinajstić information content (AvgIpc) is 2.80. The minimum atomic E-state index is -0.267. The Labute approximate surface area is 196 Å². The number of aromatic nitrogens is 2. The van der Waals surface area contributed by atoms with E-state index in [-0.39, 0.29) is 18.4 Å². The summed E-state index contributed by atoms with van der Waals surface area (Å²) in [5.41, 5.74) is 4.98. The molecule has 0 saturated carbocycles. The van der Waals surface area contributed by atoms with Crippen LogP contribution in [0.1, 0.15) is 5.56 Å². The molecule has 32 heavy (non-hydrogen) atoms. The molecule has 7 heteroatoms. The molecule has 0 aliphatic rings. The van der Waals surface area contributed by atoms with Crippen molar-refractivity contribution in [3.63, 3.8) is 0 Å². The summed E-state index contributed by atoms with van der Waals surface area (Å²) in [5.74, 6) is -0.0393. The predicted octanol–water partition coefficient (Wildman–Crippen LogP) is 6.48. The van der Waals surface area contributed by atoms with Gasteiger partial charge in [0, 0.05) is 26.9 Å². The minimum absolute atomic E-state index is 0.0520. The maximum Gasteiger partial charge on any atom is 0.246 e. The molecule has 0 saturated heterocycles. The van der Waals surface area contributed by atoms with Crippen LogP contribution in [-0.4, -0.2) is 22.4 Å². The van der Waals surface area contributed by atoms with Gasteiger partial charge in [-0.1, -0.05) is 71.7 Å². The molecular weight excluding hydrogens is 443 g/mol. The Hall–Kier alpha value is -3.41. The topological polar surface area (TPSA) is 66.9 Å². The van der Waals surface area contributed by atoms with Crippen LogP contribution in [0.2, 0.25) is 10.0 Å². The van der Waals surface area contributed by atoms with E-state index in [4.69, 9.17) is 23.2 Å². The number of nitrogens with one attached hydrogen (secondary N) is 2. The second-order valence-electron chi connectivity index (χ2n) is 7.20. The van der Waals surface area contributed by atoms with E-state index in [0.717, 1.165) is 22.4 Å². The summed E-state index contributed by atoms with van der Waals surface area (Å²) >= 11 is 12.1. The molecule has 0 fully saturated rings. The van der Waals surface area contributed by atoms with Gasteiger partial charge in [0.1, 0.15) is 0 Å². The van der Waals surface area contributed by atoms with Crippen LogP contribution in [0, 0.1) is 6.92 Å². The van der Waals surface area contributed by atoms with Gasteiger partial charge in [-0.3, -0.25) is 10.1 Å². The number of benzene rings is 3. The molecular formula is C25H20Cl2N4O. The Morgan fingerprint density at radius 3 is 2.12 bits per heavy atom. The van der Waals surface area contributed by atoms with Crippen molar-refractivity contribution in [1.82, 2.24) is 9.97 Å². The quantitative estimate of drug-likeness (QED) is 0.344. The van der Waals surface area contributed by atoms with Crippen LogP contribution >= 0.6 is 23.2 Å². The number of rotatable bonds is 6. The first-order valence-corrected chi connectivity index (χ1v) is 10.7. The first-order chi connectivity index (χ1) is 15.5. The summed E-state index contributed by atoms with van der Waals surface area (Å²) < 4.78 is 0. The molecule has 0 aliphatic heterocycles. The molecule has 1 heterocycles. The molecule has 4 rings (SSSR count). The number of hydrogen-bond acceptors (Lipinski definition) is 4. The summed E-state index contributed by atoms with van der Waals surface area (Å²) in [6.45, 7) is 2.00. The van der Waals surface area contributed by atoms with Crippen molar-refractivity contribution in [2.45, 2.75) is 6.92 Å². The highest BCUT2D eigenvalue weighted by Crippen LogP contribution is 2.26. The molecule has 0 unspecified atom stereocenters. The molecule has 0 radical (unpaired) electrons. The molecule has 4 aromatic rings. The summed E-state index contributed by atoms with van der Waals surface area (Å²) in [4.78, 5) is 21.7. The van der Waals surface area contributed by atoms with Gasteiger partial charge in [-0.15, -0.1) is 0 Å². The fraction of sp³-hybridized carbons (Fsp3) is 0.0800. The zero-order chi connectivity index (χ0) is 22.5. The SMILES string of the molecule is Cc1ccc(Cl)cc1NCC(=O)Nc1nc(-c2ccccc2)cc(-c2ccc(Cl)cc2)n1. The summed E-state index contributed by atoms with van der Waals surface area (Å²) in [7, 11) is 0. The Kier molecular flexibility index (Phi) is 6.69. The number of halogens is 2. The largest absolute Gasteiger partial charge is 0.376 e. The molecule has 0 bridgehead atoms. The number of aryl methyl sites for hydroxylation is 1. The molecule has 0 atom stereocenters. The monoisotopic (exact) mass is 462 g/mol. The Morgan fingerprint density at radius 1 is 0.812 bits per heavy atom. The minimum Gasteiger partial charge on any atom is -0.376 e. The highest BCUT2D eigenvalue weighted by Gasteiger charge is 2.12. The number of carbonyl (C=O) groups is 1. The predicted molar refractivity (Wildman–Crippen MR) is 131 cm³/mol. The standard InChI is InChI=1S/C25H20Cl2N4O/c1-16-7-10-20(27)13-21(16)28-15-24(32)31-25-29-22(17-5-3-2-4-6-17)14-23(30-25)18-8-11-19(26)12-9-18/h2-14,28H,15H2,1H3,(H,29,30,31,32). The highest BCUT2D eigenvalue weighted by molar-refractivity contribution is 6.31. The molecule has 2 N–H and O–H groups in total. The van der Waals surface area contributed by atoms with Crippen molar-refractivity contribution < 1.29 is 4.79 Å². The molecule has 160 valence electrons. The molecule has 5 nitrogen and oxygen atoms in total. The number of amides is 1. The summed E-state index contributed by atoms with van der Waals surface area (Å²) in [5, 5.41) is 7.14. The van der Waals surface area contributed by atoms with E-state index in [2.05, 4.69) is 20.6 Å². The van der Waals surface area contributed by atoms with Gasteiger partial charge in [-0.25, -0.2) is 9.97 Å². The van der Waals surface area contributed by atoms with Gasteiger partial charge in [-0.05, 0) is 42.8 Å². The second kappa shape index (κ2) is 9.81. The molecule has 0 aliphatic carbocycles. The summed E-state index contributed by atoms with van der Waals surface area (Å²) in [6.07, 6.45) is 0. The van der Waals surface area contributed by atoms with Crippen LogP contribution in [-0.2, 0) is 4.79 Å². The first kappa shape index (κ1) is 21.8. The maximum absolute atomic E-state index is 12.6. The Balaban J connectivity index is 1.59. The van der Waals surface area contributed by atoms with Crippen LogP contribution in [0.4, 0.5) is 11.6 Å². The lowest BCUT2D eigenvalue weighted by Crippen LogP contribution is -2.23. The van der Waals surface area contributed by atoms with Crippen LogP contribution in [0.3, 0.4) is 0 Å².